The Morgan fingerprint density at radius 2 is 2.22 bits per heavy atom. The van der Waals surface area contributed by atoms with Gasteiger partial charge in [0.05, 0.1) is 19.1 Å². The molecule has 7 heteroatoms. The lowest BCUT2D eigenvalue weighted by Gasteiger charge is -2.11. The fraction of sp³-hybridized carbons (Fsp3) is 0.273. The molecule has 18 heavy (non-hydrogen) atoms. The van der Waals surface area contributed by atoms with Crippen LogP contribution in [0.2, 0.25) is 0 Å². The second-order valence-electron chi connectivity index (χ2n) is 3.29. The Kier molecular flexibility index (Phi) is 4.43. The Morgan fingerprint density at radius 3 is 2.72 bits per heavy atom. The van der Waals surface area contributed by atoms with Crippen LogP contribution in [-0.4, -0.2) is 19.7 Å². The number of alkyl halides is 2. The van der Waals surface area contributed by atoms with Crippen LogP contribution in [0.5, 0.6) is 5.75 Å². The highest BCUT2D eigenvalue weighted by Gasteiger charge is 2.16. The zero-order chi connectivity index (χ0) is 13.7. The van der Waals surface area contributed by atoms with E-state index in [1.54, 1.807) is 6.07 Å². The molecule has 0 saturated carbocycles. The molecule has 1 aromatic carbocycles. The molecular weight excluding hydrogens is 246 g/mol. The van der Waals surface area contributed by atoms with Crippen molar-refractivity contribution in [3.8, 4) is 11.8 Å². The maximum atomic E-state index is 12.2. The summed E-state index contributed by atoms with van der Waals surface area (Å²) in [7, 11) is 1.17. The fourth-order valence-corrected chi connectivity index (χ4v) is 1.31. The largest absolute Gasteiger partial charge is 0.469 e. The Balaban J connectivity index is 3.17. The first kappa shape index (κ1) is 13.7. The number of halogens is 2. The van der Waals surface area contributed by atoms with Gasteiger partial charge in [-0.15, -0.1) is 0 Å². The average Bonchev–Trinajstić information content (AvgIpc) is 2.31. The number of hydrogen-bond acceptors (Lipinski definition) is 5. The third kappa shape index (κ3) is 3.31. The van der Waals surface area contributed by atoms with E-state index < -0.39 is 12.6 Å². The van der Waals surface area contributed by atoms with Crippen LogP contribution >= 0.6 is 0 Å². The summed E-state index contributed by atoms with van der Waals surface area (Å²) in [6.07, 6.45) is -0.269. The van der Waals surface area contributed by atoms with Crippen LogP contribution in [0.15, 0.2) is 12.1 Å². The molecule has 0 atom stereocenters. The van der Waals surface area contributed by atoms with E-state index in [9.17, 15) is 13.6 Å². The second-order valence-corrected chi connectivity index (χ2v) is 3.29. The maximum absolute atomic E-state index is 12.2. The Morgan fingerprint density at radius 1 is 1.56 bits per heavy atom. The van der Waals surface area contributed by atoms with Crippen LogP contribution in [0.4, 0.5) is 14.5 Å². The molecule has 0 heterocycles. The first-order valence-corrected chi connectivity index (χ1v) is 4.82. The van der Waals surface area contributed by atoms with E-state index in [1.807, 2.05) is 0 Å². The average molecular weight is 256 g/mol. The zero-order valence-corrected chi connectivity index (χ0v) is 9.44. The zero-order valence-electron chi connectivity index (χ0n) is 9.44. The first-order chi connectivity index (χ1) is 8.47. The summed E-state index contributed by atoms with van der Waals surface area (Å²) in [6, 6.07) is 4.05. The van der Waals surface area contributed by atoms with Crippen LogP contribution in [0.25, 0.3) is 0 Å². The van der Waals surface area contributed by atoms with Crippen molar-refractivity contribution in [2.45, 2.75) is 13.0 Å². The van der Waals surface area contributed by atoms with Crippen molar-refractivity contribution in [1.29, 1.82) is 5.26 Å². The summed E-state index contributed by atoms with van der Waals surface area (Å²) >= 11 is 0. The minimum Gasteiger partial charge on any atom is -0.469 e. The molecule has 5 nitrogen and oxygen atoms in total. The van der Waals surface area contributed by atoms with Crippen molar-refractivity contribution >= 4 is 11.7 Å². The van der Waals surface area contributed by atoms with Crippen LogP contribution < -0.4 is 10.5 Å². The van der Waals surface area contributed by atoms with Crippen LogP contribution in [0.3, 0.4) is 0 Å². The summed E-state index contributed by atoms with van der Waals surface area (Å²) in [6.45, 7) is -3.06. The van der Waals surface area contributed by atoms with Gasteiger partial charge in [0.15, 0.2) is 0 Å². The van der Waals surface area contributed by atoms with E-state index in [4.69, 9.17) is 11.0 Å². The number of nitrogen functional groups attached to an aromatic ring is 1. The minimum absolute atomic E-state index is 0.000680. The summed E-state index contributed by atoms with van der Waals surface area (Å²) in [5, 5.41) is 8.73. The molecular formula is C11H10F2N2O3. The van der Waals surface area contributed by atoms with E-state index in [2.05, 4.69) is 9.47 Å². The highest BCUT2D eigenvalue weighted by Crippen LogP contribution is 2.27. The third-order valence-electron chi connectivity index (χ3n) is 2.13. The van der Waals surface area contributed by atoms with Gasteiger partial charge in [-0.05, 0) is 6.07 Å². The van der Waals surface area contributed by atoms with Crippen molar-refractivity contribution in [1.82, 2.24) is 0 Å². The van der Waals surface area contributed by atoms with E-state index >= 15 is 0 Å². The number of nitriles is 1. The molecule has 0 bridgehead atoms. The molecule has 0 radical (unpaired) electrons. The number of ether oxygens (including phenoxy) is 2. The fourth-order valence-electron chi connectivity index (χ4n) is 1.31. The van der Waals surface area contributed by atoms with Gasteiger partial charge in [0.25, 0.3) is 0 Å². The summed E-state index contributed by atoms with van der Waals surface area (Å²) in [4.78, 5) is 11.1. The molecule has 0 fully saturated rings. The Bertz CT molecular complexity index is 498. The number of benzene rings is 1. The van der Waals surface area contributed by atoms with Gasteiger partial charge in [0.1, 0.15) is 11.8 Å². The van der Waals surface area contributed by atoms with Crippen LogP contribution in [-0.2, 0) is 16.0 Å². The molecule has 0 saturated heterocycles. The number of anilines is 1. The second kappa shape index (κ2) is 5.82. The van der Waals surface area contributed by atoms with Gasteiger partial charge in [0, 0.05) is 17.3 Å². The number of methoxy groups -OCH3 is 1. The van der Waals surface area contributed by atoms with Gasteiger partial charge in [-0.3, -0.25) is 4.79 Å². The molecule has 0 unspecified atom stereocenters. The first-order valence-electron chi connectivity index (χ1n) is 4.82. The monoisotopic (exact) mass is 256 g/mol. The van der Waals surface area contributed by atoms with Gasteiger partial charge in [0.2, 0.25) is 0 Å². The Labute approximate surface area is 102 Å². The molecule has 1 aromatic rings. The molecule has 0 aliphatic rings. The van der Waals surface area contributed by atoms with Crippen molar-refractivity contribution in [2.75, 3.05) is 12.8 Å². The smallest absolute Gasteiger partial charge is 0.387 e. The molecule has 2 N–H and O–H groups in total. The number of hydrogen-bond donors (Lipinski definition) is 1. The molecule has 1 rings (SSSR count). The van der Waals surface area contributed by atoms with Gasteiger partial charge in [-0.2, -0.15) is 14.0 Å². The van der Waals surface area contributed by atoms with Crippen LogP contribution in [0.1, 0.15) is 11.1 Å². The van der Waals surface area contributed by atoms with Gasteiger partial charge in [-0.25, -0.2) is 0 Å². The van der Waals surface area contributed by atoms with Gasteiger partial charge < -0.3 is 15.2 Å². The number of nitrogens with two attached hydrogens (primary N) is 1. The lowest BCUT2D eigenvalue weighted by molar-refractivity contribution is -0.139. The molecule has 0 aromatic heterocycles. The van der Waals surface area contributed by atoms with E-state index in [-0.39, 0.29) is 29.0 Å². The summed E-state index contributed by atoms with van der Waals surface area (Å²) < 4.78 is 33.1. The van der Waals surface area contributed by atoms with Crippen molar-refractivity contribution in [3.05, 3.63) is 23.3 Å². The highest BCUT2D eigenvalue weighted by atomic mass is 19.3. The third-order valence-corrected chi connectivity index (χ3v) is 2.13. The molecule has 0 spiro atoms. The number of carbonyl (C=O) groups excluding carboxylic acids is 1. The lowest BCUT2D eigenvalue weighted by atomic mass is 10.1. The summed E-state index contributed by atoms with van der Waals surface area (Å²) in [5.41, 5.74) is 5.75. The van der Waals surface area contributed by atoms with Crippen LogP contribution in [0, 0.1) is 11.3 Å². The topological polar surface area (TPSA) is 85.3 Å². The molecule has 0 aliphatic carbocycles. The van der Waals surface area contributed by atoms with Gasteiger partial charge >= 0.3 is 12.6 Å². The maximum Gasteiger partial charge on any atom is 0.387 e. The van der Waals surface area contributed by atoms with Gasteiger partial charge in [-0.1, -0.05) is 0 Å². The van der Waals surface area contributed by atoms with Crippen molar-refractivity contribution < 1.29 is 23.0 Å². The standard InChI is InChI=1S/C11H10F2N2O3/c1-17-10(16)4-6-2-8(15)7(5-14)3-9(6)18-11(12)13/h2-3,11H,4,15H2,1H3. The molecule has 0 aliphatic heterocycles. The van der Waals surface area contributed by atoms with Crippen molar-refractivity contribution in [2.24, 2.45) is 0 Å². The summed E-state index contributed by atoms with van der Waals surface area (Å²) in [5.74, 6) is -0.889. The quantitative estimate of drug-likeness (QED) is 0.651. The highest BCUT2D eigenvalue weighted by molar-refractivity contribution is 5.75. The predicted molar refractivity (Wildman–Crippen MR) is 57.9 cm³/mol. The molecule has 0 amide bonds. The normalized spacial score (nSPS) is 9.94. The number of carbonyl (C=O) groups is 1. The Hall–Kier alpha value is -2.36. The lowest BCUT2D eigenvalue weighted by Crippen LogP contribution is -2.10. The van der Waals surface area contributed by atoms with Crippen molar-refractivity contribution in [3.63, 3.8) is 0 Å². The number of nitrogens with zero attached hydrogens (tertiary/aromatic N) is 1. The number of rotatable bonds is 4. The predicted octanol–water partition coefficient (Wildman–Crippen LogP) is 1.46. The van der Waals surface area contributed by atoms with E-state index in [1.165, 1.54) is 13.2 Å². The van der Waals surface area contributed by atoms with E-state index in [0.717, 1.165) is 6.07 Å². The minimum atomic E-state index is -3.06. The number of esters is 1. The SMILES string of the molecule is COC(=O)Cc1cc(N)c(C#N)cc1OC(F)F. The molecule has 96 valence electrons. The van der Waals surface area contributed by atoms with E-state index in [0.29, 0.717) is 0 Å².